The summed E-state index contributed by atoms with van der Waals surface area (Å²) in [5.74, 6) is 1.23. The van der Waals surface area contributed by atoms with E-state index < -0.39 is 0 Å². The van der Waals surface area contributed by atoms with Crippen molar-refractivity contribution in [1.29, 1.82) is 0 Å². The number of aryl methyl sites for hydroxylation is 1. The van der Waals surface area contributed by atoms with E-state index in [2.05, 4.69) is 15.0 Å². The fraction of sp³-hybridized carbons (Fsp3) is 0.182. The molecule has 2 rings (SSSR count). The van der Waals surface area contributed by atoms with Crippen LogP contribution in [-0.4, -0.2) is 22.1 Å². The molecule has 0 unspecified atom stereocenters. The number of pyridine rings is 1. The van der Waals surface area contributed by atoms with E-state index in [-0.39, 0.29) is 0 Å². The standard InChI is InChI=1S/C11H11N3O/c1-8-13-10(7-11(14-8)15-2)9-5-3-4-6-12-9/h3-7H,1-2H3. The van der Waals surface area contributed by atoms with Crippen LogP contribution in [0.15, 0.2) is 30.5 Å². The lowest BCUT2D eigenvalue weighted by atomic mass is 10.2. The van der Waals surface area contributed by atoms with Gasteiger partial charge in [-0.1, -0.05) is 6.07 Å². The van der Waals surface area contributed by atoms with E-state index in [0.29, 0.717) is 11.7 Å². The molecule has 0 saturated heterocycles. The molecule has 4 nitrogen and oxygen atoms in total. The molecule has 15 heavy (non-hydrogen) atoms. The van der Waals surface area contributed by atoms with Crippen LogP contribution in [0.5, 0.6) is 5.88 Å². The third-order valence-electron chi connectivity index (χ3n) is 1.95. The third kappa shape index (κ3) is 2.10. The van der Waals surface area contributed by atoms with E-state index in [1.54, 1.807) is 19.4 Å². The molecule has 0 aromatic carbocycles. The van der Waals surface area contributed by atoms with Gasteiger partial charge in [0.25, 0.3) is 0 Å². The smallest absolute Gasteiger partial charge is 0.216 e. The quantitative estimate of drug-likeness (QED) is 0.744. The van der Waals surface area contributed by atoms with Gasteiger partial charge in [0.15, 0.2) is 0 Å². The Bertz CT molecular complexity index is 457. The molecule has 2 aromatic rings. The SMILES string of the molecule is COc1cc(-c2ccccn2)nc(C)n1. The van der Waals surface area contributed by atoms with Crippen molar-refractivity contribution in [1.82, 2.24) is 15.0 Å². The van der Waals surface area contributed by atoms with E-state index in [1.807, 2.05) is 25.1 Å². The predicted octanol–water partition coefficient (Wildman–Crippen LogP) is 1.86. The minimum atomic E-state index is 0.558. The van der Waals surface area contributed by atoms with Crippen molar-refractivity contribution in [3.8, 4) is 17.3 Å². The fourth-order valence-electron chi connectivity index (χ4n) is 1.29. The highest BCUT2D eigenvalue weighted by atomic mass is 16.5. The summed E-state index contributed by atoms with van der Waals surface area (Å²) < 4.78 is 5.08. The molecule has 0 radical (unpaired) electrons. The van der Waals surface area contributed by atoms with Crippen LogP contribution in [0, 0.1) is 6.92 Å². The average molecular weight is 201 g/mol. The van der Waals surface area contributed by atoms with Crippen molar-refractivity contribution in [2.45, 2.75) is 6.92 Å². The van der Waals surface area contributed by atoms with Crippen LogP contribution in [0.2, 0.25) is 0 Å². The van der Waals surface area contributed by atoms with Gasteiger partial charge in [-0.15, -0.1) is 0 Å². The molecular weight excluding hydrogens is 190 g/mol. The van der Waals surface area contributed by atoms with Crippen LogP contribution in [-0.2, 0) is 0 Å². The first kappa shape index (κ1) is 9.58. The average Bonchev–Trinajstić information content (AvgIpc) is 2.29. The topological polar surface area (TPSA) is 47.9 Å². The maximum atomic E-state index is 5.08. The maximum Gasteiger partial charge on any atom is 0.216 e. The Labute approximate surface area is 88.0 Å². The maximum absolute atomic E-state index is 5.08. The van der Waals surface area contributed by atoms with Crippen LogP contribution >= 0.6 is 0 Å². The Morgan fingerprint density at radius 1 is 1.13 bits per heavy atom. The molecule has 0 bridgehead atoms. The van der Waals surface area contributed by atoms with Gasteiger partial charge >= 0.3 is 0 Å². The van der Waals surface area contributed by atoms with Gasteiger partial charge < -0.3 is 4.74 Å². The van der Waals surface area contributed by atoms with Crippen molar-refractivity contribution in [2.75, 3.05) is 7.11 Å². The van der Waals surface area contributed by atoms with E-state index >= 15 is 0 Å². The van der Waals surface area contributed by atoms with E-state index in [9.17, 15) is 0 Å². The minimum Gasteiger partial charge on any atom is -0.481 e. The highest BCUT2D eigenvalue weighted by molar-refractivity contribution is 5.54. The largest absolute Gasteiger partial charge is 0.481 e. The predicted molar refractivity (Wildman–Crippen MR) is 56.6 cm³/mol. The van der Waals surface area contributed by atoms with E-state index in [0.717, 1.165) is 11.4 Å². The summed E-state index contributed by atoms with van der Waals surface area (Å²) in [4.78, 5) is 12.6. The van der Waals surface area contributed by atoms with Gasteiger partial charge in [0.05, 0.1) is 18.5 Å². The molecule has 0 amide bonds. The van der Waals surface area contributed by atoms with Crippen LogP contribution < -0.4 is 4.74 Å². The van der Waals surface area contributed by atoms with Crippen molar-refractivity contribution in [3.05, 3.63) is 36.3 Å². The van der Waals surface area contributed by atoms with Gasteiger partial charge in [0.1, 0.15) is 5.82 Å². The van der Waals surface area contributed by atoms with Crippen LogP contribution in [0.4, 0.5) is 0 Å². The summed E-state index contributed by atoms with van der Waals surface area (Å²) >= 11 is 0. The summed E-state index contributed by atoms with van der Waals surface area (Å²) in [5.41, 5.74) is 1.60. The molecule has 0 aliphatic heterocycles. The molecular formula is C11H11N3O. The molecule has 0 aliphatic carbocycles. The van der Waals surface area contributed by atoms with Crippen LogP contribution in [0.25, 0.3) is 11.4 Å². The molecule has 76 valence electrons. The highest BCUT2D eigenvalue weighted by Crippen LogP contribution is 2.17. The number of rotatable bonds is 2. The van der Waals surface area contributed by atoms with Gasteiger partial charge in [-0.2, -0.15) is 4.98 Å². The normalized spacial score (nSPS) is 10.0. The highest BCUT2D eigenvalue weighted by Gasteiger charge is 2.04. The minimum absolute atomic E-state index is 0.558. The number of aromatic nitrogens is 3. The zero-order chi connectivity index (χ0) is 10.7. The Hall–Kier alpha value is -1.97. The molecule has 2 aromatic heterocycles. The molecule has 2 heterocycles. The molecule has 4 heteroatoms. The number of methoxy groups -OCH3 is 1. The lowest BCUT2D eigenvalue weighted by Gasteiger charge is -2.03. The second kappa shape index (κ2) is 4.04. The van der Waals surface area contributed by atoms with Gasteiger partial charge in [0.2, 0.25) is 5.88 Å². The summed E-state index contributed by atoms with van der Waals surface area (Å²) in [7, 11) is 1.59. The lowest BCUT2D eigenvalue weighted by Crippen LogP contribution is -1.96. The van der Waals surface area contributed by atoms with Crippen molar-refractivity contribution in [3.63, 3.8) is 0 Å². The Kier molecular flexibility index (Phi) is 2.58. The molecule has 0 saturated carbocycles. The first-order chi connectivity index (χ1) is 7.29. The molecule has 0 fully saturated rings. The second-order valence-corrected chi connectivity index (χ2v) is 3.06. The van der Waals surface area contributed by atoms with Gasteiger partial charge in [-0.3, -0.25) is 4.98 Å². The fourth-order valence-corrected chi connectivity index (χ4v) is 1.29. The van der Waals surface area contributed by atoms with E-state index in [1.165, 1.54) is 0 Å². The lowest BCUT2D eigenvalue weighted by molar-refractivity contribution is 0.396. The monoisotopic (exact) mass is 201 g/mol. The Morgan fingerprint density at radius 3 is 2.67 bits per heavy atom. The molecule has 0 spiro atoms. The molecule has 0 atom stereocenters. The summed E-state index contributed by atoms with van der Waals surface area (Å²) in [6, 6.07) is 7.47. The van der Waals surface area contributed by atoms with Gasteiger partial charge in [0, 0.05) is 12.3 Å². The number of hydrogen-bond acceptors (Lipinski definition) is 4. The number of nitrogens with zero attached hydrogens (tertiary/aromatic N) is 3. The van der Waals surface area contributed by atoms with E-state index in [4.69, 9.17) is 4.74 Å². The first-order valence-electron chi connectivity index (χ1n) is 4.60. The summed E-state index contributed by atoms with van der Waals surface area (Å²) in [6.45, 7) is 1.83. The van der Waals surface area contributed by atoms with Crippen molar-refractivity contribution in [2.24, 2.45) is 0 Å². The second-order valence-electron chi connectivity index (χ2n) is 3.06. The van der Waals surface area contributed by atoms with Crippen molar-refractivity contribution < 1.29 is 4.74 Å². The summed E-state index contributed by atoms with van der Waals surface area (Å²) in [6.07, 6.45) is 1.74. The van der Waals surface area contributed by atoms with Crippen LogP contribution in [0.3, 0.4) is 0 Å². The Morgan fingerprint density at radius 2 is 2.00 bits per heavy atom. The zero-order valence-electron chi connectivity index (χ0n) is 8.64. The molecule has 0 aliphatic rings. The zero-order valence-corrected chi connectivity index (χ0v) is 8.64. The van der Waals surface area contributed by atoms with Crippen LogP contribution in [0.1, 0.15) is 5.82 Å². The van der Waals surface area contributed by atoms with Gasteiger partial charge in [-0.25, -0.2) is 4.98 Å². The third-order valence-corrected chi connectivity index (χ3v) is 1.95. The first-order valence-corrected chi connectivity index (χ1v) is 4.60. The number of ether oxygens (including phenoxy) is 1. The molecule has 0 N–H and O–H groups in total. The Balaban J connectivity index is 2.49. The number of hydrogen-bond donors (Lipinski definition) is 0. The van der Waals surface area contributed by atoms with Gasteiger partial charge in [-0.05, 0) is 19.1 Å². The summed E-state index contributed by atoms with van der Waals surface area (Å²) in [5, 5.41) is 0. The van der Waals surface area contributed by atoms with Crippen molar-refractivity contribution >= 4 is 0 Å².